The SMILES string of the molecule is COc1ccc(C2(C(=O)N3C4CCC3Cn3c(nnc3-c3ccccc3)C4)CC2)cc1. The molecule has 6 heteroatoms. The highest BCUT2D eigenvalue weighted by atomic mass is 16.5. The Bertz CT molecular complexity index is 1120. The van der Waals surface area contributed by atoms with E-state index < -0.39 is 0 Å². The van der Waals surface area contributed by atoms with Crippen LogP contribution in [0.1, 0.15) is 37.1 Å². The largest absolute Gasteiger partial charge is 0.497 e. The van der Waals surface area contributed by atoms with Gasteiger partial charge in [0.05, 0.1) is 18.6 Å². The first-order valence-electron chi connectivity index (χ1n) is 11.1. The second-order valence-corrected chi connectivity index (χ2v) is 9.03. The second kappa shape index (κ2) is 6.94. The summed E-state index contributed by atoms with van der Waals surface area (Å²) in [5.74, 6) is 3.03. The summed E-state index contributed by atoms with van der Waals surface area (Å²) in [5.41, 5.74) is 1.83. The summed E-state index contributed by atoms with van der Waals surface area (Å²) in [7, 11) is 1.67. The van der Waals surface area contributed by atoms with Crippen molar-refractivity contribution in [3.8, 4) is 17.1 Å². The third kappa shape index (κ3) is 2.88. The lowest BCUT2D eigenvalue weighted by molar-refractivity contribution is -0.137. The van der Waals surface area contributed by atoms with E-state index in [0.717, 1.165) is 67.2 Å². The molecule has 2 aromatic carbocycles. The average Bonchev–Trinajstić information content (AvgIpc) is 3.45. The molecule has 3 heterocycles. The summed E-state index contributed by atoms with van der Waals surface area (Å²) >= 11 is 0. The van der Waals surface area contributed by atoms with Crippen molar-refractivity contribution >= 4 is 5.91 Å². The molecule has 6 nitrogen and oxygen atoms in total. The molecule has 2 atom stereocenters. The highest BCUT2D eigenvalue weighted by Gasteiger charge is 2.56. The van der Waals surface area contributed by atoms with Gasteiger partial charge in [0.1, 0.15) is 11.6 Å². The third-order valence-corrected chi connectivity index (χ3v) is 7.33. The number of hydrogen-bond acceptors (Lipinski definition) is 4. The molecule has 2 bridgehead atoms. The van der Waals surface area contributed by atoms with E-state index in [0.29, 0.717) is 5.91 Å². The Kier molecular flexibility index (Phi) is 4.16. The Morgan fingerprint density at radius 1 is 1.00 bits per heavy atom. The molecule has 1 aromatic heterocycles. The first-order chi connectivity index (χ1) is 15.2. The zero-order chi connectivity index (χ0) is 21.0. The fourth-order valence-corrected chi connectivity index (χ4v) is 5.48. The Balaban J connectivity index is 1.31. The molecule has 1 aliphatic carbocycles. The summed E-state index contributed by atoms with van der Waals surface area (Å²) in [6.07, 6.45) is 4.72. The van der Waals surface area contributed by atoms with Crippen LogP contribution in [0, 0.1) is 0 Å². The van der Waals surface area contributed by atoms with Gasteiger partial charge in [-0.2, -0.15) is 0 Å². The molecule has 0 spiro atoms. The summed E-state index contributed by atoms with van der Waals surface area (Å²) in [5, 5.41) is 9.02. The van der Waals surface area contributed by atoms with Gasteiger partial charge < -0.3 is 14.2 Å². The summed E-state index contributed by atoms with van der Waals surface area (Å²) in [4.78, 5) is 16.1. The maximum atomic E-state index is 13.9. The van der Waals surface area contributed by atoms with Crippen LogP contribution in [0.5, 0.6) is 5.75 Å². The van der Waals surface area contributed by atoms with Gasteiger partial charge in [0.2, 0.25) is 5.91 Å². The predicted octanol–water partition coefficient (Wildman–Crippen LogP) is 3.60. The maximum Gasteiger partial charge on any atom is 0.233 e. The molecule has 2 unspecified atom stereocenters. The van der Waals surface area contributed by atoms with Crippen molar-refractivity contribution in [2.75, 3.05) is 7.11 Å². The minimum atomic E-state index is -0.361. The number of rotatable bonds is 4. The van der Waals surface area contributed by atoms with E-state index in [2.05, 4.69) is 43.9 Å². The minimum Gasteiger partial charge on any atom is -0.497 e. The number of ether oxygens (including phenoxy) is 1. The van der Waals surface area contributed by atoms with Crippen molar-refractivity contribution < 1.29 is 9.53 Å². The molecule has 158 valence electrons. The lowest BCUT2D eigenvalue weighted by Gasteiger charge is -2.32. The maximum absolute atomic E-state index is 13.9. The van der Waals surface area contributed by atoms with Crippen LogP contribution in [0.25, 0.3) is 11.4 Å². The van der Waals surface area contributed by atoms with Gasteiger partial charge in [0.25, 0.3) is 0 Å². The zero-order valence-electron chi connectivity index (χ0n) is 17.7. The van der Waals surface area contributed by atoms with Gasteiger partial charge in [0.15, 0.2) is 5.82 Å². The van der Waals surface area contributed by atoms with Crippen LogP contribution in [-0.4, -0.2) is 44.8 Å². The van der Waals surface area contributed by atoms with E-state index in [9.17, 15) is 4.79 Å². The lowest BCUT2D eigenvalue weighted by atomic mass is 9.93. The number of hydrogen-bond donors (Lipinski definition) is 0. The van der Waals surface area contributed by atoms with Crippen molar-refractivity contribution in [3.05, 3.63) is 66.0 Å². The Morgan fingerprint density at radius 2 is 1.74 bits per heavy atom. The highest BCUT2D eigenvalue weighted by Crippen LogP contribution is 2.51. The van der Waals surface area contributed by atoms with Gasteiger partial charge in [0, 0.05) is 24.6 Å². The Hall–Kier alpha value is -3.15. The highest BCUT2D eigenvalue weighted by molar-refractivity contribution is 5.92. The van der Waals surface area contributed by atoms with Gasteiger partial charge in [-0.15, -0.1) is 10.2 Å². The van der Waals surface area contributed by atoms with Crippen LogP contribution in [0.4, 0.5) is 0 Å². The van der Waals surface area contributed by atoms with Gasteiger partial charge in [-0.3, -0.25) is 4.79 Å². The normalized spacial score (nSPS) is 23.2. The van der Waals surface area contributed by atoms with E-state index in [1.165, 1.54) is 0 Å². The van der Waals surface area contributed by atoms with Crippen molar-refractivity contribution in [1.82, 2.24) is 19.7 Å². The van der Waals surface area contributed by atoms with Gasteiger partial charge >= 0.3 is 0 Å². The van der Waals surface area contributed by atoms with Gasteiger partial charge in [-0.05, 0) is 43.4 Å². The minimum absolute atomic E-state index is 0.202. The standard InChI is InChI=1S/C25H26N4O2/c1-31-21-11-7-18(8-12-21)25(13-14-25)24(30)29-19-9-10-20(29)16-28-22(15-19)26-27-23(28)17-5-3-2-4-6-17/h2-8,11-12,19-20H,9-10,13-16H2,1H3. The first-order valence-corrected chi connectivity index (χ1v) is 11.1. The van der Waals surface area contributed by atoms with Crippen LogP contribution in [0.3, 0.4) is 0 Å². The number of methoxy groups -OCH3 is 1. The molecule has 0 N–H and O–H groups in total. The summed E-state index contributed by atoms with van der Waals surface area (Å²) in [6, 6.07) is 18.7. The number of aromatic nitrogens is 3. The van der Waals surface area contributed by atoms with Crippen molar-refractivity contribution in [2.24, 2.45) is 0 Å². The zero-order valence-corrected chi connectivity index (χ0v) is 17.7. The number of amides is 1. The molecule has 6 rings (SSSR count). The molecular weight excluding hydrogens is 388 g/mol. The number of benzene rings is 2. The summed E-state index contributed by atoms with van der Waals surface area (Å²) in [6.45, 7) is 0.771. The van der Waals surface area contributed by atoms with E-state index in [-0.39, 0.29) is 17.5 Å². The number of carbonyl (C=O) groups excluding carboxylic acids is 1. The molecule has 3 aliphatic rings. The molecule has 1 amide bonds. The molecular formula is C25H26N4O2. The molecule has 1 saturated heterocycles. The van der Waals surface area contributed by atoms with E-state index in [1.54, 1.807) is 7.11 Å². The second-order valence-electron chi connectivity index (χ2n) is 9.03. The fraction of sp³-hybridized carbons (Fsp3) is 0.400. The van der Waals surface area contributed by atoms with Crippen LogP contribution < -0.4 is 4.74 Å². The fourth-order valence-electron chi connectivity index (χ4n) is 5.48. The van der Waals surface area contributed by atoms with E-state index in [4.69, 9.17) is 4.74 Å². The monoisotopic (exact) mass is 414 g/mol. The van der Waals surface area contributed by atoms with Crippen LogP contribution in [0.15, 0.2) is 54.6 Å². The van der Waals surface area contributed by atoms with Crippen molar-refractivity contribution in [3.63, 3.8) is 0 Å². The molecule has 1 saturated carbocycles. The first kappa shape index (κ1) is 18.6. The number of nitrogens with zero attached hydrogens (tertiary/aromatic N) is 4. The molecule has 0 radical (unpaired) electrons. The average molecular weight is 415 g/mol. The lowest BCUT2D eigenvalue weighted by Crippen LogP contribution is -2.47. The summed E-state index contributed by atoms with van der Waals surface area (Å²) < 4.78 is 7.55. The van der Waals surface area contributed by atoms with Crippen LogP contribution in [0.2, 0.25) is 0 Å². The van der Waals surface area contributed by atoms with Gasteiger partial charge in [-0.25, -0.2) is 0 Å². The predicted molar refractivity (Wildman–Crippen MR) is 117 cm³/mol. The van der Waals surface area contributed by atoms with Crippen LogP contribution in [-0.2, 0) is 23.2 Å². The third-order valence-electron chi connectivity index (χ3n) is 7.33. The van der Waals surface area contributed by atoms with Crippen molar-refractivity contribution in [1.29, 1.82) is 0 Å². The van der Waals surface area contributed by atoms with E-state index in [1.807, 2.05) is 30.3 Å². The molecule has 2 aliphatic heterocycles. The number of fused-ring (bicyclic) bond motifs is 3. The Morgan fingerprint density at radius 3 is 2.45 bits per heavy atom. The number of carbonyl (C=O) groups is 1. The Labute approximate surface area is 181 Å². The topological polar surface area (TPSA) is 60.2 Å². The van der Waals surface area contributed by atoms with Crippen molar-refractivity contribution in [2.45, 2.75) is 56.1 Å². The van der Waals surface area contributed by atoms with E-state index >= 15 is 0 Å². The molecule has 31 heavy (non-hydrogen) atoms. The smallest absolute Gasteiger partial charge is 0.233 e. The quantitative estimate of drug-likeness (QED) is 0.655. The molecule has 3 aromatic rings. The van der Waals surface area contributed by atoms with Gasteiger partial charge in [-0.1, -0.05) is 42.5 Å². The van der Waals surface area contributed by atoms with Crippen LogP contribution >= 0.6 is 0 Å². The molecule has 2 fully saturated rings.